The first-order valence-corrected chi connectivity index (χ1v) is 5.46. The first kappa shape index (κ1) is 13.0. The molecule has 1 aliphatic heterocycles. The lowest BCUT2D eigenvalue weighted by atomic mass is 9.90. The second-order valence-electron chi connectivity index (χ2n) is 4.13. The number of ether oxygens (including phenoxy) is 1. The summed E-state index contributed by atoms with van der Waals surface area (Å²) < 4.78 is 4.99. The van der Waals surface area contributed by atoms with Gasteiger partial charge in [-0.15, -0.1) is 0 Å². The number of hydrogen-bond donors (Lipinski definition) is 3. The fourth-order valence-corrected chi connectivity index (χ4v) is 1.99. The molecule has 1 unspecified atom stereocenters. The summed E-state index contributed by atoms with van der Waals surface area (Å²) in [5.41, 5.74) is -0.758. The fraction of sp³-hybridized carbons (Fsp3) is 0.250. The number of rotatable bonds is 4. The molecule has 100 valence electrons. The normalized spacial score (nSPS) is 21.9. The molecule has 1 aromatic carbocycles. The van der Waals surface area contributed by atoms with Crippen molar-refractivity contribution in [3.63, 3.8) is 0 Å². The molecule has 0 radical (unpaired) electrons. The molecule has 1 atom stereocenters. The zero-order chi connectivity index (χ0) is 14.0. The third kappa shape index (κ3) is 2.15. The molecule has 0 aromatic heterocycles. The Morgan fingerprint density at radius 1 is 1.32 bits per heavy atom. The van der Waals surface area contributed by atoms with E-state index in [0.717, 1.165) is 0 Å². The van der Waals surface area contributed by atoms with Crippen LogP contribution in [-0.4, -0.2) is 36.7 Å². The molecule has 0 spiro atoms. The summed E-state index contributed by atoms with van der Waals surface area (Å²) in [5, 5.41) is 13.5. The smallest absolute Gasteiger partial charge is 0.335 e. The molecule has 7 heteroatoms. The van der Waals surface area contributed by atoms with Gasteiger partial charge >= 0.3 is 12.0 Å². The average molecular weight is 264 g/mol. The predicted octanol–water partition coefficient (Wildman–Crippen LogP) is 0.0659. The number of carbonyl (C=O) groups is 3. The van der Waals surface area contributed by atoms with Crippen molar-refractivity contribution in [2.75, 3.05) is 13.7 Å². The molecule has 0 bridgehead atoms. The topological polar surface area (TPSA) is 105 Å². The molecule has 1 saturated heterocycles. The number of carboxylic acid groups (broad SMARTS) is 1. The fourth-order valence-electron chi connectivity index (χ4n) is 1.99. The van der Waals surface area contributed by atoms with E-state index >= 15 is 0 Å². The molecule has 7 nitrogen and oxygen atoms in total. The number of benzene rings is 1. The first-order valence-electron chi connectivity index (χ1n) is 5.46. The van der Waals surface area contributed by atoms with E-state index in [0.29, 0.717) is 5.56 Å². The van der Waals surface area contributed by atoms with E-state index in [4.69, 9.17) is 9.84 Å². The van der Waals surface area contributed by atoms with Gasteiger partial charge < -0.3 is 15.2 Å². The summed E-state index contributed by atoms with van der Waals surface area (Å²) in [4.78, 5) is 34.0. The zero-order valence-corrected chi connectivity index (χ0v) is 10.1. The number of hydrogen-bond acceptors (Lipinski definition) is 4. The predicted molar refractivity (Wildman–Crippen MR) is 63.6 cm³/mol. The van der Waals surface area contributed by atoms with Gasteiger partial charge in [0.05, 0.1) is 12.2 Å². The van der Waals surface area contributed by atoms with Gasteiger partial charge in [-0.2, -0.15) is 0 Å². The summed E-state index contributed by atoms with van der Waals surface area (Å²) in [5.74, 6) is -1.59. The van der Waals surface area contributed by atoms with Gasteiger partial charge in [-0.1, -0.05) is 12.1 Å². The summed E-state index contributed by atoms with van der Waals surface area (Å²) in [6.45, 7) is -0.0447. The molecule has 3 N–H and O–H groups in total. The lowest BCUT2D eigenvalue weighted by molar-refractivity contribution is -0.126. The monoisotopic (exact) mass is 264 g/mol. The Kier molecular flexibility index (Phi) is 3.22. The van der Waals surface area contributed by atoms with E-state index in [1.807, 2.05) is 0 Å². The zero-order valence-electron chi connectivity index (χ0n) is 10.1. The van der Waals surface area contributed by atoms with Gasteiger partial charge in [0, 0.05) is 7.11 Å². The Balaban J connectivity index is 2.42. The molecular formula is C12H12N2O5. The molecule has 3 amide bonds. The third-order valence-electron chi connectivity index (χ3n) is 2.93. The second kappa shape index (κ2) is 4.69. The SMILES string of the molecule is COCC1(c2ccc(C(=O)O)cc2)NC(=O)NC1=O. The number of imide groups is 1. The molecule has 1 aliphatic rings. The van der Waals surface area contributed by atoms with Gasteiger partial charge in [0.25, 0.3) is 5.91 Å². The van der Waals surface area contributed by atoms with Crippen molar-refractivity contribution in [1.29, 1.82) is 0 Å². The minimum Gasteiger partial charge on any atom is -0.478 e. The minimum absolute atomic E-state index is 0.0447. The standard InChI is InChI=1S/C12H12N2O5/c1-19-6-12(10(17)13-11(18)14-12)8-4-2-7(3-5-8)9(15)16/h2-5H,6H2,1H3,(H,15,16)(H2,13,14,17,18). The maximum Gasteiger partial charge on any atom is 0.335 e. The number of carboxylic acids is 1. The molecule has 1 aromatic rings. The number of nitrogens with one attached hydrogen (secondary N) is 2. The Morgan fingerprint density at radius 3 is 2.37 bits per heavy atom. The highest BCUT2D eigenvalue weighted by Gasteiger charge is 2.47. The van der Waals surface area contributed by atoms with E-state index in [2.05, 4.69) is 10.6 Å². The number of amides is 3. The van der Waals surface area contributed by atoms with Crippen molar-refractivity contribution in [3.8, 4) is 0 Å². The maximum absolute atomic E-state index is 11.9. The molecule has 1 heterocycles. The third-order valence-corrected chi connectivity index (χ3v) is 2.93. The van der Waals surface area contributed by atoms with Crippen LogP contribution in [0.5, 0.6) is 0 Å². The van der Waals surface area contributed by atoms with Crippen LogP contribution in [-0.2, 0) is 15.1 Å². The highest BCUT2D eigenvalue weighted by Crippen LogP contribution is 2.25. The first-order chi connectivity index (χ1) is 8.99. The van der Waals surface area contributed by atoms with Gasteiger partial charge in [0.15, 0.2) is 5.54 Å². The van der Waals surface area contributed by atoms with Crippen LogP contribution >= 0.6 is 0 Å². The minimum atomic E-state index is -1.32. The molecule has 19 heavy (non-hydrogen) atoms. The van der Waals surface area contributed by atoms with Crippen LogP contribution in [0.4, 0.5) is 4.79 Å². The lowest BCUT2D eigenvalue weighted by Crippen LogP contribution is -2.47. The number of urea groups is 1. The van der Waals surface area contributed by atoms with E-state index in [9.17, 15) is 14.4 Å². The highest BCUT2D eigenvalue weighted by atomic mass is 16.5. The van der Waals surface area contributed by atoms with Gasteiger partial charge in [-0.3, -0.25) is 10.1 Å². The Morgan fingerprint density at radius 2 is 1.95 bits per heavy atom. The summed E-state index contributed by atoms with van der Waals surface area (Å²) >= 11 is 0. The summed E-state index contributed by atoms with van der Waals surface area (Å²) in [6.07, 6.45) is 0. The molecule has 1 fully saturated rings. The summed E-state index contributed by atoms with van der Waals surface area (Å²) in [6, 6.07) is 5.09. The Labute approximate surface area is 108 Å². The van der Waals surface area contributed by atoms with E-state index in [1.165, 1.54) is 31.4 Å². The molecule has 2 rings (SSSR count). The van der Waals surface area contributed by atoms with Gasteiger partial charge in [-0.25, -0.2) is 9.59 Å². The number of methoxy groups -OCH3 is 1. The Bertz CT molecular complexity index is 540. The van der Waals surface area contributed by atoms with E-state index in [-0.39, 0.29) is 12.2 Å². The van der Waals surface area contributed by atoms with Gasteiger partial charge in [0.1, 0.15) is 0 Å². The molecule has 0 aliphatic carbocycles. The van der Waals surface area contributed by atoms with Crippen molar-refractivity contribution in [2.45, 2.75) is 5.54 Å². The molecule has 0 saturated carbocycles. The van der Waals surface area contributed by atoms with Crippen LogP contribution in [0.3, 0.4) is 0 Å². The van der Waals surface area contributed by atoms with Crippen molar-refractivity contribution < 1.29 is 24.2 Å². The van der Waals surface area contributed by atoms with E-state index in [1.54, 1.807) is 0 Å². The van der Waals surface area contributed by atoms with Crippen LogP contribution in [0.25, 0.3) is 0 Å². The summed E-state index contributed by atoms with van der Waals surface area (Å²) in [7, 11) is 1.41. The van der Waals surface area contributed by atoms with Crippen LogP contribution < -0.4 is 10.6 Å². The van der Waals surface area contributed by atoms with Crippen LogP contribution in [0, 0.1) is 0 Å². The van der Waals surface area contributed by atoms with Gasteiger partial charge in [0.2, 0.25) is 0 Å². The van der Waals surface area contributed by atoms with Crippen LogP contribution in [0.1, 0.15) is 15.9 Å². The maximum atomic E-state index is 11.9. The van der Waals surface area contributed by atoms with Crippen LogP contribution in [0.2, 0.25) is 0 Å². The lowest BCUT2D eigenvalue weighted by Gasteiger charge is -2.25. The van der Waals surface area contributed by atoms with Gasteiger partial charge in [-0.05, 0) is 17.7 Å². The largest absolute Gasteiger partial charge is 0.478 e. The van der Waals surface area contributed by atoms with Crippen molar-refractivity contribution in [2.24, 2.45) is 0 Å². The second-order valence-corrected chi connectivity index (χ2v) is 4.13. The average Bonchev–Trinajstić information content (AvgIpc) is 2.65. The Hall–Kier alpha value is -2.41. The number of aromatic carboxylic acids is 1. The van der Waals surface area contributed by atoms with E-state index < -0.39 is 23.4 Å². The van der Waals surface area contributed by atoms with Crippen LogP contribution in [0.15, 0.2) is 24.3 Å². The highest BCUT2D eigenvalue weighted by molar-refractivity contribution is 6.07. The quantitative estimate of drug-likeness (QED) is 0.667. The number of carbonyl (C=O) groups excluding carboxylic acids is 2. The van der Waals surface area contributed by atoms with Crippen molar-refractivity contribution in [3.05, 3.63) is 35.4 Å². The van der Waals surface area contributed by atoms with Crippen molar-refractivity contribution in [1.82, 2.24) is 10.6 Å². The van der Waals surface area contributed by atoms with Crippen molar-refractivity contribution >= 4 is 17.9 Å². The molecular weight excluding hydrogens is 252 g/mol.